The molecule has 0 radical (unpaired) electrons. The van der Waals surface area contributed by atoms with E-state index in [1.807, 2.05) is 12.1 Å². The van der Waals surface area contributed by atoms with Crippen molar-refractivity contribution in [1.29, 1.82) is 0 Å². The molecular weight excluding hydrogens is 750 g/mol. The van der Waals surface area contributed by atoms with Crippen molar-refractivity contribution in [3.8, 4) is 17.2 Å². The van der Waals surface area contributed by atoms with Crippen LogP contribution in [0.4, 0.5) is 0 Å². The van der Waals surface area contributed by atoms with Crippen LogP contribution in [0.25, 0.3) is 0 Å². The van der Waals surface area contributed by atoms with E-state index in [0.29, 0.717) is 12.2 Å². The van der Waals surface area contributed by atoms with Gasteiger partial charge in [0.1, 0.15) is 23.5 Å². The number of benzene rings is 2. The van der Waals surface area contributed by atoms with Crippen LogP contribution in [0.2, 0.25) is 0 Å². The molecule has 0 fully saturated rings. The standard InChI is InChI=1S/C15H11I4NO3/c16-12-7(5-8(20)6-21)1-3-10(14(12)18)23-11-4-2-9(22)13(17)15(11)19/h1-4,6,8,22H,5,20H2. The monoisotopic (exact) mass is 761 g/mol. The van der Waals surface area contributed by atoms with Crippen molar-refractivity contribution in [3.05, 3.63) is 44.1 Å². The summed E-state index contributed by atoms with van der Waals surface area (Å²) < 4.78 is 9.63. The van der Waals surface area contributed by atoms with Gasteiger partial charge in [0.05, 0.1) is 16.8 Å². The second-order valence-corrected chi connectivity index (χ2v) is 8.98. The summed E-state index contributed by atoms with van der Waals surface area (Å²) in [5.74, 6) is 1.67. The van der Waals surface area contributed by atoms with Crippen LogP contribution in [0.3, 0.4) is 0 Å². The van der Waals surface area contributed by atoms with Gasteiger partial charge in [-0.25, -0.2) is 0 Å². The number of halogens is 4. The summed E-state index contributed by atoms with van der Waals surface area (Å²) in [6.45, 7) is 0. The highest BCUT2D eigenvalue weighted by Crippen LogP contribution is 2.37. The summed E-state index contributed by atoms with van der Waals surface area (Å²) in [7, 11) is 0. The van der Waals surface area contributed by atoms with Gasteiger partial charge in [-0.3, -0.25) is 0 Å². The molecule has 0 aliphatic rings. The summed E-state index contributed by atoms with van der Waals surface area (Å²) >= 11 is 8.71. The van der Waals surface area contributed by atoms with Crippen LogP contribution in [0.5, 0.6) is 17.2 Å². The number of ether oxygens (including phenoxy) is 1. The van der Waals surface area contributed by atoms with Crippen molar-refractivity contribution in [2.24, 2.45) is 5.73 Å². The Morgan fingerprint density at radius 1 is 1.00 bits per heavy atom. The number of carbonyl (C=O) groups excluding carboxylic acids is 1. The molecule has 2 rings (SSSR count). The highest BCUT2D eigenvalue weighted by molar-refractivity contribution is 14.1. The lowest BCUT2D eigenvalue weighted by molar-refractivity contribution is -0.108. The Morgan fingerprint density at radius 2 is 1.57 bits per heavy atom. The number of hydrogen-bond donors (Lipinski definition) is 2. The van der Waals surface area contributed by atoms with Gasteiger partial charge in [-0.2, -0.15) is 0 Å². The fourth-order valence-electron chi connectivity index (χ4n) is 1.83. The van der Waals surface area contributed by atoms with E-state index in [9.17, 15) is 9.90 Å². The number of rotatable bonds is 5. The van der Waals surface area contributed by atoms with Gasteiger partial charge in [0, 0.05) is 3.57 Å². The van der Waals surface area contributed by atoms with Gasteiger partial charge in [-0.05, 0) is 121 Å². The molecule has 1 unspecified atom stereocenters. The van der Waals surface area contributed by atoms with Gasteiger partial charge in [0.2, 0.25) is 0 Å². The molecule has 1 atom stereocenters. The first-order valence-corrected chi connectivity index (χ1v) is 10.7. The molecule has 4 nitrogen and oxygen atoms in total. The Hall–Kier alpha value is 0.590. The van der Waals surface area contributed by atoms with E-state index in [2.05, 4.69) is 90.4 Å². The van der Waals surface area contributed by atoms with Crippen LogP contribution >= 0.6 is 90.4 Å². The van der Waals surface area contributed by atoms with E-state index in [4.69, 9.17) is 10.5 Å². The molecule has 0 spiro atoms. The van der Waals surface area contributed by atoms with Crippen molar-refractivity contribution < 1.29 is 14.6 Å². The normalized spacial score (nSPS) is 12.0. The predicted octanol–water partition coefficient (Wildman–Crippen LogP) is 4.67. The molecule has 8 heteroatoms. The Kier molecular flexibility index (Phi) is 7.62. The highest BCUT2D eigenvalue weighted by Gasteiger charge is 2.15. The fourth-order valence-corrected chi connectivity index (χ4v) is 4.14. The topological polar surface area (TPSA) is 72.6 Å². The third-order valence-electron chi connectivity index (χ3n) is 3.00. The number of phenolic OH excluding ortho intramolecular Hbond substituents is 1. The van der Waals surface area contributed by atoms with Crippen molar-refractivity contribution >= 4 is 96.6 Å². The highest BCUT2D eigenvalue weighted by atomic mass is 127. The average molecular weight is 761 g/mol. The number of aldehydes is 1. The lowest BCUT2D eigenvalue weighted by atomic mass is 10.1. The zero-order chi connectivity index (χ0) is 17.1. The van der Waals surface area contributed by atoms with Crippen molar-refractivity contribution in [3.63, 3.8) is 0 Å². The van der Waals surface area contributed by atoms with E-state index in [0.717, 1.165) is 31.9 Å². The first-order valence-electron chi connectivity index (χ1n) is 6.37. The number of phenols is 1. The lowest BCUT2D eigenvalue weighted by Crippen LogP contribution is -2.24. The third-order valence-corrected chi connectivity index (χ3v) is 9.53. The average Bonchev–Trinajstić information content (AvgIpc) is 2.54. The summed E-state index contributed by atoms with van der Waals surface area (Å²) in [5, 5.41) is 9.72. The maximum absolute atomic E-state index is 10.7. The van der Waals surface area contributed by atoms with Gasteiger partial charge < -0.3 is 20.4 Å². The first-order chi connectivity index (χ1) is 10.8. The van der Waals surface area contributed by atoms with Crippen LogP contribution in [0.15, 0.2) is 24.3 Å². The summed E-state index contributed by atoms with van der Waals surface area (Å²) in [4.78, 5) is 10.7. The number of nitrogens with two attached hydrogens (primary N) is 1. The lowest BCUT2D eigenvalue weighted by Gasteiger charge is -2.15. The maximum Gasteiger partial charge on any atom is 0.142 e. The molecule has 122 valence electrons. The molecule has 2 aromatic carbocycles. The summed E-state index contributed by atoms with van der Waals surface area (Å²) in [5.41, 5.74) is 6.73. The minimum Gasteiger partial charge on any atom is -0.507 e. The van der Waals surface area contributed by atoms with E-state index in [-0.39, 0.29) is 5.75 Å². The molecule has 0 aliphatic carbocycles. The van der Waals surface area contributed by atoms with Gasteiger partial charge in [0.15, 0.2) is 0 Å². The van der Waals surface area contributed by atoms with Crippen molar-refractivity contribution in [2.45, 2.75) is 12.5 Å². The second-order valence-electron chi connectivity index (χ2n) is 4.67. The van der Waals surface area contributed by atoms with E-state index >= 15 is 0 Å². The van der Waals surface area contributed by atoms with Gasteiger partial charge in [0.25, 0.3) is 0 Å². The molecule has 2 aromatic rings. The fraction of sp³-hybridized carbons (Fsp3) is 0.133. The minimum atomic E-state index is -0.495. The maximum atomic E-state index is 10.7. The Balaban J connectivity index is 2.33. The third kappa shape index (κ3) is 4.82. The first kappa shape index (κ1) is 19.9. The zero-order valence-corrected chi connectivity index (χ0v) is 20.2. The van der Waals surface area contributed by atoms with Crippen LogP contribution in [0.1, 0.15) is 5.56 Å². The van der Waals surface area contributed by atoms with Crippen LogP contribution < -0.4 is 10.5 Å². The predicted molar refractivity (Wildman–Crippen MR) is 123 cm³/mol. The Morgan fingerprint density at radius 3 is 2.17 bits per heavy atom. The number of hydrogen-bond acceptors (Lipinski definition) is 4. The van der Waals surface area contributed by atoms with Crippen molar-refractivity contribution in [2.75, 3.05) is 0 Å². The van der Waals surface area contributed by atoms with E-state index < -0.39 is 6.04 Å². The SMILES string of the molecule is NC(C=O)Cc1ccc(Oc2ccc(O)c(I)c2I)c(I)c1I. The summed E-state index contributed by atoms with van der Waals surface area (Å²) in [6, 6.07) is 6.69. The molecular formula is C15H11I4NO3. The smallest absolute Gasteiger partial charge is 0.142 e. The van der Waals surface area contributed by atoms with E-state index in [1.165, 1.54) is 0 Å². The molecule has 0 bridgehead atoms. The van der Waals surface area contributed by atoms with Gasteiger partial charge in [-0.1, -0.05) is 6.07 Å². The van der Waals surface area contributed by atoms with Crippen LogP contribution in [-0.2, 0) is 11.2 Å². The second kappa shape index (κ2) is 8.80. The molecule has 0 heterocycles. The van der Waals surface area contributed by atoms with Gasteiger partial charge >= 0.3 is 0 Å². The minimum absolute atomic E-state index is 0.241. The quantitative estimate of drug-likeness (QED) is 0.344. The molecule has 23 heavy (non-hydrogen) atoms. The molecule has 0 aromatic heterocycles. The van der Waals surface area contributed by atoms with Crippen LogP contribution in [-0.4, -0.2) is 17.4 Å². The molecule has 0 aliphatic heterocycles. The number of aromatic hydroxyl groups is 1. The van der Waals surface area contributed by atoms with Crippen LogP contribution in [0, 0.1) is 14.3 Å². The molecule has 3 N–H and O–H groups in total. The number of carbonyl (C=O) groups is 1. The molecule has 0 amide bonds. The molecule has 0 saturated heterocycles. The van der Waals surface area contributed by atoms with Crippen molar-refractivity contribution in [1.82, 2.24) is 0 Å². The largest absolute Gasteiger partial charge is 0.507 e. The molecule has 0 saturated carbocycles. The zero-order valence-electron chi connectivity index (χ0n) is 11.5. The van der Waals surface area contributed by atoms with Gasteiger partial charge in [-0.15, -0.1) is 0 Å². The van der Waals surface area contributed by atoms with E-state index in [1.54, 1.807) is 12.1 Å². The summed E-state index contributed by atoms with van der Waals surface area (Å²) in [6.07, 6.45) is 1.26. The Labute approximate surface area is 188 Å². The Bertz CT molecular complexity index is 752.